The number of hydrogen-bond donors (Lipinski definition) is 2. The van der Waals surface area contributed by atoms with Gasteiger partial charge in [0.05, 0.1) is 0 Å². The molecule has 21 heavy (non-hydrogen) atoms. The highest BCUT2D eigenvalue weighted by Crippen LogP contribution is 2.18. The number of nitrogens with zero attached hydrogens (tertiary/aromatic N) is 2. The van der Waals surface area contributed by atoms with Gasteiger partial charge in [-0.25, -0.2) is 0 Å². The first-order valence-corrected chi connectivity index (χ1v) is 7.46. The average molecular weight is 286 g/mol. The summed E-state index contributed by atoms with van der Waals surface area (Å²) in [5.41, 5.74) is 2.54. The SMILES string of the molecule is CN=C(NCc1cccc(N2CC=CC2)c1)NC(C)(C)C. The maximum atomic E-state index is 4.26. The van der Waals surface area contributed by atoms with Gasteiger partial charge in [-0.05, 0) is 38.5 Å². The number of anilines is 1. The molecule has 0 unspecified atom stereocenters. The maximum Gasteiger partial charge on any atom is 0.191 e. The summed E-state index contributed by atoms with van der Waals surface area (Å²) in [6.45, 7) is 9.15. The lowest BCUT2D eigenvalue weighted by atomic mass is 10.1. The van der Waals surface area contributed by atoms with Crippen LogP contribution in [0.1, 0.15) is 26.3 Å². The molecule has 0 bridgehead atoms. The Morgan fingerprint density at radius 3 is 2.57 bits per heavy atom. The lowest BCUT2D eigenvalue weighted by Crippen LogP contribution is -2.47. The van der Waals surface area contributed by atoms with E-state index in [9.17, 15) is 0 Å². The lowest BCUT2D eigenvalue weighted by Gasteiger charge is -2.24. The Bertz CT molecular complexity index is 518. The maximum absolute atomic E-state index is 4.26. The molecule has 1 aliphatic rings. The first-order valence-electron chi connectivity index (χ1n) is 7.46. The van der Waals surface area contributed by atoms with Gasteiger partial charge in [0, 0.05) is 37.9 Å². The third-order valence-corrected chi connectivity index (χ3v) is 3.27. The summed E-state index contributed by atoms with van der Waals surface area (Å²) in [6, 6.07) is 8.66. The fraction of sp³-hybridized carbons (Fsp3) is 0.471. The van der Waals surface area contributed by atoms with Crippen LogP contribution >= 0.6 is 0 Å². The summed E-state index contributed by atoms with van der Waals surface area (Å²) in [4.78, 5) is 6.62. The summed E-state index contributed by atoms with van der Waals surface area (Å²) in [5.74, 6) is 0.829. The van der Waals surface area contributed by atoms with Gasteiger partial charge in [-0.1, -0.05) is 24.3 Å². The summed E-state index contributed by atoms with van der Waals surface area (Å²) >= 11 is 0. The van der Waals surface area contributed by atoms with E-state index in [2.05, 4.69) is 77.7 Å². The molecule has 0 spiro atoms. The molecule has 0 amide bonds. The van der Waals surface area contributed by atoms with E-state index in [1.165, 1.54) is 11.3 Å². The highest BCUT2D eigenvalue weighted by atomic mass is 15.2. The molecule has 4 nitrogen and oxygen atoms in total. The van der Waals surface area contributed by atoms with E-state index in [-0.39, 0.29) is 5.54 Å². The number of hydrogen-bond acceptors (Lipinski definition) is 2. The lowest BCUT2D eigenvalue weighted by molar-refractivity contribution is 0.501. The summed E-state index contributed by atoms with van der Waals surface area (Å²) in [6.07, 6.45) is 4.42. The van der Waals surface area contributed by atoms with Crippen LogP contribution in [0.4, 0.5) is 5.69 Å². The summed E-state index contributed by atoms with van der Waals surface area (Å²) in [5, 5.41) is 6.73. The molecule has 4 heteroatoms. The van der Waals surface area contributed by atoms with E-state index in [1.807, 2.05) is 0 Å². The molecular weight excluding hydrogens is 260 g/mol. The highest BCUT2D eigenvalue weighted by molar-refractivity contribution is 5.80. The number of aliphatic imine (C=N–C) groups is 1. The van der Waals surface area contributed by atoms with Crippen molar-refractivity contribution in [3.05, 3.63) is 42.0 Å². The summed E-state index contributed by atoms with van der Waals surface area (Å²) < 4.78 is 0. The van der Waals surface area contributed by atoms with Crippen LogP contribution in [-0.4, -0.2) is 31.6 Å². The minimum atomic E-state index is 0.00487. The van der Waals surface area contributed by atoms with Crippen LogP contribution in [0.3, 0.4) is 0 Å². The Labute approximate surface area is 128 Å². The predicted octanol–water partition coefficient (Wildman–Crippen LogP) is 2.53. The monoisotopic (exact) mass is 286 g/mol. The molecule has 0 aliphatic carbocycles. The molecule has 1 aliphatic heterocycles. The first kappa shape index (κ1) is 15.4. The molecule has 0 aromatic heterocycles. The van der Waals surface area contributed by atoms with Crippen LogP contribution in [0.2, 0.25) is 0 Å². The average Bonchev–Trinajstić information content (AvgIpc) is 2.96. The van der Waals surface area contributed by atoms with Gasteiger partial charge < -0.3 is 15.5 Å². The van der Waals surface area contributed by atoms with E-state index in [0.717, 1.165) is 25.6 Å². The second-order valence-electron chi connectivity index (χ2n) is 6.35. The fourth-order valence-electron chi connectivity index (χ4n) is 2.27. The zero-order chi connectivity index (χ0) is 15.3. The van der Waals surface area contributed by atoms with Crippen molar-refractivity contribution >= 4 is 11.6 Å². The third kappa shape index (κ3) is 4.81. The Balaban J connectivity index is 1.95. The number of benzene rings is 1. The minimum absolute atomic E-state index is 0.00487. The van der Waals surface area contributed by atoms with Crippen molar-refractivity contribution in [2.75, 3.05) is 25.0 Å². The molecule has 0 saturated carbocycles. The van der Waals surface area contributed by atoms with Crippen molar-refractivity contribution in [3.8, 4) is 0 Å². The van der Waals surface area contributed by atoms with E-state index in [0.29, 0.717) is 0 Å². The molecule has 114 valence electrons. The van der Waals surface area contributed by atoms with Gasteiger partial charge in [0.2, 0.25) is 0 Å². The van der Waals surface area contributed by atoms with E-state index >= 15 is 0 Å². The van der Waals surface area contributed by atoms with Crippen LogP contribution < -0.4 is 15.5 Å². The molecule has 1 aromatic carbocycles. The van der Waals surface area contributed by atoms with Crippen molar-refractivity contribution in [2.45, 2.75) is 32.9 Å². The van der Waals surface area contributed by atoms with Crippen LogP contribution in [-0.2, 0) is 6.54 Å². The Morgan fingerprint density at radius 1 is 1.24 bits per heavy atom. The van der Waals surface area contributed by atoms with Gasteiger partial charge in [-0.15, -0.1) is 0 Å². The molecule has 0 radical (unpaired) electrons. The normalized spacial score (nSPS) is 15.4. The van der Waals surface area contributed by atoms with Crippen LogP contribution in [0, 0.1) is 0 Å². The minimum Gasteiger partial charge on any atom is -0.364 e. The Kier molecular flexibility index (Phi) is 4.89. The van der Waals surface area contributed by atoms with Crippen molar-refractivity contribution in [1.82, 2.24) is 10.6 Å². The topological polar surface area (TPSA) is 39.7 Å². The van der Waals surface area contributed by atoms with Gasteiger partial charge in [-0.3, -0.25) is 4.99 Å². The van der Waals surface area contributed by atoms with Crippen LogP contribution in [0.5, 0.6) is 0 Å². The highest BCUT2D eigenvalue weighted by Gasteiger charge is 2.12. The van der Waals surface area contributed by atoms with Gasteiger partial charge in [-0.2, -0.15) is 0 Å². The van der Waals surface area contributed by atoms with Crippen molar-refractivity contribution in [1.29, 1.82) is 0 Å². The molecule has 2 N–H and O–H groups in total. The van der Waals surface area contributed by atoms with Crippen molar-refractivity contribution < 1.29 is 0 Å². The van der Waals surface area contributed by atoms with Gasteiger partial charge in [0.15, 0.2) is 5.96 Å². The standard InChI is InChI=1S/C17H26N4/c1-17(2,3)20-16(18-4)19-13-14-8-7-9-15(12-14)21-10-5-6-11-21/h5-9,12H,10-11,13H2,1-4H3,(H2,18,19,20). The molecular formula is C17H26N4. The molecule has 0 fully saturated rings. The molecule has 1 aromatic rings. The first-order chi connectivity index (χ1) is 9.98. The second-order valence-corrected chi connectivity index (χ2v) is 6.35. The zero-order valence-electron chi connectivity index (χ0n) is 13.5. The van der Waals surface area contributed by atoms with E-state index < -0.39 is 0 Å². The van der Waals surface area contributed by atoms with Crippen LogP contribution in [0.15, 0.2) is 41.4 Å². The molecule has 0 atom stereocenters. The largest absolute Gasteiger partial charge is 0.364 e. The molecule has 1 heterocycles. The van der Waals surface area contributed by atoms with Gasteiger partial charge >= 0.3 is 0 Å². The number of guanidine groups is 1. The quantitative estimate of drug-likeness (QED) is 0.509. The number of rotatable bonds is 3. The van der Waals surface area contributed by atoms with Crippen molar-refractivity contribution in [2.24, 2.45) is 4.99 Å². The van der Waals surface area contributed by atoms with E-state index in [4.69, 9.17) is 0 Å². The second kappa shape index (κ2) is 6.66. The van der Waals surface area contributed by atoms with E-state index in [1.54, 1.807) is 7.05 Å². The smallest absolute Gasteiger partial charge is 0.191 e. The summed E-state index contributed by atoms with van der Waals surface area (Å²) in [7, 11) is 1.80. The zero-order valence-corrected chi connectivity index (χ0v) is 13.5. The predicted molar refractivity (Wildman–Crippen MR) is 90.9 cm³/mol. The van der Waals surface area contributed by atoms with Gasteiger partial charge in [0.25, 0.3) is 0 Å². The molecule has 2 rings (SSSR count). The fourth-order valence-corrected chi connectivity index (χ4v) is 2.27. The van der Waals surface area contributed by atoms with Gasteiger partial charge in [0.1, 0.15) is 0 Å². The Hall–Kier alpha value is -1.97. The van der Waals surface area contributed by atoms with Crippen molar-refractivity contribution in [3.63, 3.8) is 0 Å². The number of nitrogens with one attached hydrogen (secondary N) is 2. The molecule has 0 saturated heterocycles. The Morgan fingerprint density at radius 2 is 1.95 bits per heavy atom. The van der Waals surface area contributed by atoms with Crippen LogP contribution in [0.25, 0.3) is 0 Å². The third-order valence-electron chi connectivity index (χ3n) is 3.27.